The van der Waals surface area contributed by atoms with Gasteiger partial charge in [0.25, 0.3) is 0 Å². The first-order valence-electron chi connectivity index (χ1n) is 10.1. The van der Waals surface area contributed by atoms with Gasteiger partial charge in [-0.1, -0.05) is 32.9 Å². The van der Waals surface area contributed by atoms with Crippen molar-refractivity contribution in [2.75, 3.05) is 32.4 Å². The maximum Gasteiger partial charge on any atom is 0.222 e. The lowest BCUT2D eigenvalue weighted by Crippen LogP contribution is -2.51. The molecule has 1 amide bonds. The minimum atomic E-state index is -3.40. The van der Waals surface area contributed by atoms with Gasteiger partial charge in [0, 0.05) is 32.6 Å². The van der Waals surface area contributed by atoms with E-state index in [1.165, 1.54) is 0 Å². The summed E-state index contributed by atoms with van der Waals surface area (Å²) < 4.78 is 25.3. The molecule has 1 unspecified atom stereocenters. The van der Waals surface area contributed by atoms with E-state index in [0.717, 1.165) is 12.0 Å². The molecule has 2 rings (SSSR count). The number of guanidine groups is 1. The Kier molecular flexibility index (Phi) is 7.68. The summed E-state index contributed by atoms with van der Waals surface area (Å²) in [6.45, 7) is 9.71. The van der Waals surface area contributed by atoms with E-state index in [4.69, 9.17) is 0 Å². The summed E-state index contributed by atoms with van der Waals surface area (Å²) in [7, 11) is -1.61. The van der Waals surface area contributed by atoms with E-state index in [2.05, 4.69) is 36.4 Å². The molecule has 2 N–H and O–H groups in total. The van der Waals surface area contributed by atoms with E-state index < -0.39 is 9.84 Å². The molecule has 8 heteroatoms. The van der Waals surface area contributed by atoms with Gasteiger partial charge in [0.2, 0.25) is 5.91 Å². The van der Waals surface area contributed by atoms with Crippen molar-refractivity contribution in [1.29, 1.82) is 0 Å². The highest BCUT2D eigenvalue weighted by molar-refractivity contribution is 7.91. The zero-order valence-electron chi connectivity index (χ0n) is 18.2. The van der Waals surface area contributed by atoms with Gasteiger partial charge in [0.15, 0.2) is 15.8 Å². The number of aliphatic imine (C=N–C) groups is 1. The number of nitrogens with zero attached hydrogens (tertiary/aromatic N) is 2. The molecule has 0 spiro atoms. The maximum absolute atomic E-state index is 12.6. The molecule has 0 bridgehead atoms. The van der Waals surface area contributed by atoms with Crippen LogP contribution < -0.4 is 10.6 Å². The Balaban J connectivity index is 1.99. The SMILES string of the molecule is CCNC(=NCCS(=O)(=O)c1ccc(C(C)(C)C)cc1)NC1CCC(=O)N(C)C1. The predicted octanol–water partition coefficient (Wildman–Crippen LogP) is 1.93. The van der Waals surface area contributed by atoms with Crippen molar-refractivity contribution >= 4 is 21.7 Å². The van der Waals surface area contributed by atoms with Gasteiger partial charge in [-0.3, -0.25) is 9.79 Å². The van der Waals surface area contributed by atoms with Crippen LogP contribution in [0.25, 0.3) is 0 Å². The third-order valence-corrected chi connectivity index (χ3v) is 6.73. The fourth-order valence-electron chi connectivity index (χ4n) is 3.20. The zero-order chi connectivity index (χ0) is 21.7. The summed E-state index contributed by atoms with van der Waals surface area (Å²) in [4.78, 5) is 18.1. The van der Waals surface area contributed by atoms with E-state index in [-0.39, 0.29) is 29.7 Å². The number of nitrogens with one attached hydrogen (secondary N) is 2. The number of carbonyl (C=O) groups excluding carboxylic acids is 1. The number of likely N-dealkylation sites (N-methyl/N-ethyl adjacent to an activating group) is 1. The van der Waals surface area contributed by atoms with Gasteiger partial charge >= 0.3 is 0 Å². The van der Waals surface area contributed by atoms with Crippen LogP contribution in [0.1, 0.15) is 46.1 Å². The molecule has 0 aromatic heterocycles. The minimum absolute atomic E-state index is 0.0171. The molecule has 0 aliphatic carbocycles. The van der Waals surface area contributed by atoms with Gasteiger partial charge < -0.3 is 15.5 Å². The molecule has 1 aromatic carbocycles. The van der Waals surface area contributed by atoms with Gasteiger partial charge in [0.05, 0.1) is 17.2 Å². The van der Waals surface area contributed by atoms with Crippen molar-refractivity contribution in [3.8, 4) is 0 Å². The number of benzene rings is 1. The molecule has 1 aliphatic heterocycles. The number of likely N-dealkylation sites (tertiary alicyclic amines) is 1. The van der Waals surface area contributed by atoms with Crippen molar-refractivity contribution in [2.45, 2.75) is 56.9 Å². The largest absolute Gasteiger partial charge is 0.357 e. The van der Waals surface area contributed by atoms with Crippen molar-refractivity contribution in [3.63, 3.8) is 0 Å². The lowest BCUT2D eigenvalue weighted by atomic mass is 9.87. The van der Waals surface area contributed by atoms with Gasteiger partial charge in [-0.2, -0.15) is 0 Å². The van der Waals surface area contributed by atoms with Gasteiger partial charge in [-0.25, -0.2) is 8.42 Å². The van der Waals surface area contributed by atoms with Crippen molar-refractivity contribution in [1.82, 2.24) is 15.5 Å². The number of piperidine rings is 1. The fraction of sp³-hybridized carbons (Fsp3) is 0.619. The molecule has 1 saturated heterocycles. The molecule has 1 heterocycles. The van der Waals surface area contributed by atoms with Crippen LogP contribution in [-0.2, 0) is 20.0 Å². The minimum Gasteiger partial charge on any atom is -0.357 e. The Morgan fingerprint density at radius 2 is 1.90 bits per heavy atom. The highest BCUT2D eigenvalue weighted by Gasteiger charge is 2.23. The van der Waals surface area contributed by atoms with Crippen molar-refractivity contribution in [2.24, 2.45) is 4.99 Å². The zero-order valence-corrected chi connectivity index (χ0v) is 19.0. The number of hydrogen-bond acceptors (Lipinski definition) is 4. The first-order valence-corrected chi connectivity index (χ1v) is 11.8. The molecule has 162 valence electrons. The lowest BCUT2D eigenvalue weighted by molar-refractivity contribution is -0.132. The third-order valence-electron chi connectivity index (χ3n) is 5.02. The number of amides is 1. The summed E-state index contributed by atoms with van der Waals surface area (Å²) in [5, 5.41) is 6.45. The molecule has 1 aliphatic rings. The predicted molar refractivity (Wildman–Crippen MR) is 117 cm³/mol. The average Bonchev–Trinajstić information content (AvgIpc) is 2.64. The standard InChI is InChI=1S/C21H34N4O3S/c1-6-22-20(24-17-9-12-19(26)25(5)15-17)23-13-14-29(27,28)18-10-7-16(8-11-18)21(2,3)4/h7-8,10-11,17H,6,9,12-15H2,1-5H3,(H2,22,23,24). The van der Waals surface area contributed by atoms with Crippen LogP contribution in [0.15, 0.2) is 34.2 Å². The van der Waals surface area contributed by atoms with Crippen LogP contribution in [0.5, 0.6) is 0 Å². The van der Waals surface area contributed by atoms with Crippen LogP contribution >= 0.6 is 0 Å². The Morgan fingerprint density at radius 1 is 1.24 bits per heavy atom. The van der Waals surface area contributed by atoms with Crippen LogP contribution in [0.2, 0.25) is 0 Å². The van der Waals surface area contributed by atoms with Crippen molar-refractivity contribution in [3.05, 3.63) is 29.8 Å². The number of hydrogen-bond donors (Lipinski definition) is 2. The molecule has 7 nitrogen and oxygen atoms in total. The summed E-state index contributed by atoms with van der Waals surface area (Å²) >= 11 is 0. The monoisotopic (exact) mass is 422 g/mol. The van der Waals surface area contributed by atoms with Gasteiger partial charge in [-0.05, 0) is 36.5 Å². The molecule has 0 radical (unpaired) electrons. The second-order valence-electron chi connectivity index (χ2n) is 8.51. The van der Waals surface area contributed by atoms with Crippen LogP contribution in [0.4, 0.5) is 0 Å². The van der Waals surface area contributed by atoms with Gasteiger partial charge in [0.1, 0.15) is 0 Å². The number of carbonyl (C=O) groups is 1. The Morgan fingerprint density at radius 3 is 2.45 bits per heavy atom. The van der Waals surface area contributed by atoms with E-state index in [9.17, 15) is 13.2 Å². The molecular formula is C21H34N4O3S. The summed E-state index contributed by atoms with van der Waals surface area (Å²) in [6, 6.07) is 7.22. The second-order valence-corrected chi connectivity index (χ2v) is 10.6. The molecule has 29 heavy (non-hydrogen) atoms. The van der Waals surface area contributed by atoms with E-state index in [1.807, 2.05) is 19.1 Å². The van der Waals surface area contributed by atoms with Gasteiger partial charge in [-0.15, -0.1) is 0 Å². The number of sulfone groups is 1. The summed E-state index contributed by atoms with van der Waals surface area (Å²) in [6.07, 6.45) is 1.25. The normalized spacial score (nSPS) is 18.7. The van der Waals surface area contributed by atoms with Crippen LogP contribution in [-0.4, -0.2) is 63.7 Å². The van der Waals surface area contributed by atoms with Crippen molar-refractivity contribution < 1.29 is 13.2 Å². The smallest absolute Gasteiger partial charge is 0.222 e. The molecule has 1 fully saturated rings. The molecule has 0 saturated carbocycles. The molecular weight excluding hydrogens is 388 g/mol. The average molecular weight is 423 g/mol. The quantitative estimate of drug-likeness (QED) is 0.540. The van der Waals surface area contributed by atoms with Crippen LogP contribution in [0, 0.1) is 0 Å². The highest BCUT2D eigenvalue weighted by Crippen LogP contribution is 2.23. The summed E-state index contributed by atoms with van der Waals surface area (Å²) in [5.41, 5.74) is 1.08. The Hall–Kier alpha value is -2.09. The van der Waals surface area contributed by atoms with E-state index in [1.54, 1.807) is 24.1 Å². The fourth-order valence-corrected chi connectivity index (χ4v) is 4.32. The Bertz CT molecular complexity index is 826. The number of rotatable bonds is 6. The van der Waals surface area contributed by atoms with E-state index in [0.29, 0.717) is 30.4 Å². The molecule has 1 atom stereocenters. The van der Waals surface area contributed by atoms with Crippen LogP contribution in [0.3, 0.4) is 0 Å². The second kappa shape index (κ2) is 9.61. The lowest BCUT2D eigenvalue weighted by Gasteiger charge is -2.31. The van der Waals surface area contributed by atoms with E-state index >= 15 is 0 Å². The summed E-state index contributed by atoms with van der Waals surface area (Å²) in [5.74, 6) is 0.675. The molecule has 1 aromatic rings. The Labute approximate surface area is 174 Å². The first kappa shape index (κ1) is 23.2. The topological polar surface area (TPSA) is 90.9 Å². The third kappa shape index (κ3) is 6.73. The maximum atomic E-state index is 12.6. The first-order chi connectivity index (χ1) is 13.5. The highest BCUT2D eigenvalue weighted by atomic mass is 32.2.